The second kappa shape index (κ2) is 3.53. The van der Waals surface area contributed by atoms with Crippen LogP contribution in [0.5, 0.6) is 0 Å². The van der Waals surface area contributed by atoms with E-state index in [1.165, 1.54) is 30.4 Å². The van der Waals surface area contributed by atoms with Gasteiger partial charge in [0.1, 0.15) is 0 Å². The highest BCUT2D eigenvalue weighted by Crippen LogP contribution is 2.42. The molecule has 0 heteroatoms. The van der Waals surface area contributed by atoms with Gasteiger partial charge in [0.15, 0.2) is 0 Å². The van der Waals surface area contributed by atoms with Gasteiger partial charge in [-0.15, -0.1) is 0 Å². The Kier molecular flexibility index (Phi) is 2.39. The first kappa shape index (κ1) is 8.80. The van der Waals surface area contributed by atoms with E-state index in [2.05, 4.69) is 32.0 Å². The molecule has 1 fully saturated rings. The van der Waals surface area contributed by atoms with Crippen molar-refractivity contribution >= 4 is 0 Å². The molecule has 0 atom stereocenters. The van der Waals surface area contributed by atoms with E-state index in [0.29, 0.717) is 0 Å². The van der Waals surface area contributed by atoms with Crippen molar-refractivity contribution in [3.8, 4) is 0 Å². The van der Waals surface area contributed by atoms with E-state index in [4.69, 9.17) is 0 Å². The molecule has 1 saturated carbocycles. The van der Waals surface area contributed by atoms with Crippen LogP contribution < -0.4 is 0 Å². The van der Waals surface area contributed by atoms with Gasteiger partial charge in [0.05, 0.1) is 0 Å². The Morgan fingerprint density at radius 2 is 2.08 bits per heavy atom. The summed E-state index contributed by atoms with van der Waals surface area (Å²) in [6.45, 7) is 4.50. The van der Waals surface area contributed by atoms with Gasteiger partial charge in [-0.05, 0) is 54.4 Å². The summed E-state index contributed by atoms with van der Waals surface area (Å²) >= 11 is 0. The highest BCUT2D eigenvalue weighted by Gasteiger charge is 2.26. The summed E-state index contributed by atoms with van der Waals surface area (Å²) in [5.41, 5.74) is 4.62. The highest BCUT2D eigenvalue weighted by atomic mass is 14.3. The molecule has 1 radical (unpaired) electrons. The number of hydrogen-bond acceptors (Lipinski definition) is 0. The van der Waals surface area contributed by atoms with Gasteiger partial charge in [-0.3, -0.25) is 0 Å². The molecule has 1 aliphatic carbocycles. The number of rotatable bonds is 3. The molecule has 0 spiro atoms. The first-order valence-electron chi connectivity index (χ1n) is 5.39. The van der Waals surface area contributed by atoms with E-state index in [0.717, 1.165) is 12.3 Å². The summed E-state index contributed by atoms with van der Waals surface area (Å²) in [4.78, 5) is 0. The van der Waals surface area contributed by atoms with Crippen LogP contribution in [0.4, 0.5) is 0 Å². The SMILES string of the molecule is CCc1cc[c]c(C2CC2)c1CC. The molecular weight excluding hydrogens is 156 g/mol. The third-order valence-corrected chi connectivity index (χ3v) is 2.96. The zero-order valence-electron chi connectivity index (χ0n) is 8.56. The lowest BCUT2D eigenvalue weighted by atomic mass is 9.94. The molecule has 0 aliphatic heterocycles. The number of aryl methyl sites for hydroxylation is 1. The maximum atomic E-state index is 3.42. The molecule has 0 N–H and O–H groups in total. The average molecular weight is 173 g/mol. The standard InChI is InChI=1S/C13H17/c1-3-10-6-5-7-13(11-8-9-11)12(10)4-2/h5-6,11H,3-4,8-9H2,1-2H3. The minimum Gasteiger partial charge on any atom is -0.0613 e. The summed E-state index contributed by atoms with van der Waals surface area (Å²) < 4.78 is 0. The minimum absolute atomic E-state index is 0.849. The van der Waals surface area contributed by atoms with Gasteiger partial charge in [-0.1, -0.05) is 26.0 Å². The first-order chi connectivity index (χ1) is 6.36. The number of benzene rings is 1. The second-order valence-corrected chi connectivity index (χ2v) is 3.88. The minimum atomic E-state index is 0.849. The summed E-state index contributed by atoms with van der Waals surface area (Å²) in [5.74, 6) is 0.849. The van der Waals surface area contributed by atoms with Crippen molar-refractivity contribution in [1.82, 2.24) is 0 Å². The van der Waals surface area contributed by atoms with Gasteiger partial charge in [-0.25, -0.2) is 0 Å². The van der Waals surface area contributed by atoms with Crippen molar-refractivity contribution in [2.75, 3.05) is 0 Å². The Morgan fingerprint density at radius 1 is 1.31 bits per heavy atom. The predicted molar refractivity (Wildman–Crippen MR) is 56.0 cm³/mol. The third-order valence-electron chi connectivity index (χ3n) is 2.96. The fourth-order valence-electron chi connectivity index (χ4n) is 2.08. The van der Waals surface area contributed by atoms with Crippen molar-refractivity contribution in [2.24, 2.45) is 0 Å². The second-order valence-electron chi connectivity index (χ2n) is 3.88. The Bertz CT molecular complexity index is 295. The van der Waals surface area contributed by atoms with Gasteiger partial charge in [0.2, 0.25) is 0 Å². The molecular formula is C13H17. The van der Waals surface area contributed by atoms with Crippen LogP contribution in [0.15, 0.2) is 12.1 Å². The van der Waals surface area contributed by atoms with Crippen LogP contribution >= 0.6 is 0 Å². The van der Waals surface area contributed by atoms with Gasteiger partial charge in [0, 0.05) is 0 Å². The van der Waals surface area contributed by atoms with Crippen LogP contribution in [-0.4, -0.2) is 0 Å². The molecule has 0 bridgehead atoms. The Balaban J connectivity index is 2.41. The summed E-state index contributed by atoms with van der Waals surface area (Å²) in [6, 6.07) is 7.75. The van der Waals surface area contributed by atoms with Crippen LogP contribution in [0.1, 0.15) is 49.3 Å². The summed E-state index contributed by atoms with van der Waals surface area (Å²) in [6.07, 6.45) is 5.11. The highest BCUT2D eigenvalue weighted by molar-refractivity contribution is 5.38. The van der Waals surface area contributed by atoms with Crippen LogP contribution in [-0.2, 0) is 12.8 Å². The number of hydrogen-bond donors (Lipinski definition) is 0. The lowest BCUT2D eigenvalue weighted by Crippen LogP contribution is -1.96. The van der Waals surface area contributed by atoms with Gasteiger partial charge in [-0.2, -0.15) is 0 Å². The lowest BCUT2D eigenvalue weighted by molar-refractivity contribution is 0.973. The molecule has 13 heavy (non-hydrogen) atoms. The van der Waals surface area contributed by atoms with Crippen LogP contribution in [0.3, 0.4) is 0 Å². The molecule has 2 rings (SSSR count). The largest absolute Gasteiger partial charge is 0.0613 e. The van der Waals surface area contributed by atoms with Crippen molar-refractivity contribution in [3.63, 3.8) is 0 Å². The van der Waals surface area contributed by atoms with Gasteiger partial charge < -0.3 is 0 Å². The van der Waals surface area contributed by atoms with Crippen molar-refractivity contribution in [3.05, 3.63) is 34.9 Å². The van der Waals surface area contributed by atoms with Gasteiger partial charge >= 0.3 is 0 Å². The van der Waals surface area contributed by atoms with Crippen LogP contribution in [0.25, 0.3) is 0 Å². The van der Waals surface area contributed by atoms with Crippen LogP contribution in [0, 0.1) is 6.07 Å². The van der Waals surface area contributed by atoms with E-state index in [1.54, 1.807) is 5.56 Å². The first-order valence-corrected chi connectivity index (χ1v) is 5.39. The molecule has 1 aromatic rings. The van der Waals surface area contributed by atoms with E-state index in [9.17, 15) is 0 Å². The molecule has 0 unspecified atom stereocenters. The molecule has 0 heterocycles. The zero-order valence-corrected chi connectivity index (χ0v) is 8.56. The summed E-state index contributed by atoms with van der Waals surface area (Å²) in [7, 11) is 0. The van der Waals surface area contributed by atoms with Gasteiger partial charge in [0.25, 0.3) is 0 Å². The van der Waals surface area contributed by atoms with E-state index in [1.807, 2.05) is 0 Å². The average Bonchev–Trinajstić information content (AvgIpc) is 2.99. The molecule has 69 valence electrons. The molecule has 0 saturated heterocycles. The van der Waals surface area contributed by atoms with E-state index >= 15 is 0 Å². The monoisotopic (exact) mass is 173 g/mol. The van der Waals surface area contributed by atoms with Crippen LogP contribution in [0.2, 0.25) is 0 Å². The topological polar surface area (TPSA) is 0 Å². The third kappa shape index (κ3) is 1.63. The predicted octanol–water partition coefficient (Wildman–Crippen LogP) is 3.49. The maximum absolute atomic E-state index is 3.42. The molecule has 1 aromatic carbocycles. The fraction of sp³-hybridized carbons (Fsp3) is 0.538. The Hall–Kier alpha value is -0.780. The van der Waals surface area contributed by atoms with Crippen molar-refractivity contribution < 1.29 is 0 Å². The molecule has 0 amide bonds. The molecule has 0 aromatic heterocycles. The quantitative estimate of drug-likeness (QED) is 0.656. The van der Waals surface area contributed by atoms with Crippen molar-refractivity contribution in [1.29, 1.82) is 0 Å². The fourth-order valence-corrected chi connectivity index (χ4v) is 2.08. The summed E-state index contributed by atoms with van der Waals surface area (Å²) in [5, 5.41) is 0. The van der Waals surface area contributed by atoms with E-state index in [-0.39, 0.29) is 0 Å². The zero-order chi connectivity index (χ0) is 9.26. The van der Waals surface area contributed by atoms with E-state index < -0.39 is 0 Å². The van der Waals surface area contributed by atoms with Crippen molar-refractivity contribution in [2.45, 2.75) is 45.4 Å². The maximum Gasteiger partial charge on any atom is -0.0143 e. The molecule has 0 nitrogen and oxygen atoms in total. The smallest absolute Gasteiger partial charge is 0.0143 e. The Morgan fingerprint density at radius 3 is 2.62 bits per heavy atom. The lowest BCUT2D eigenvalue weighted by Gasteiger charge is -2.10. The normalized spacial score (nSPS) is 16.2. The Labute approximate surface area is 81.0 Å². The molecule has 1 aliphatic rings.